The van der Waals surface area contributed by atoms with Crippen molar-refractivity contribution in [3.8, 4) is 0 Å². The summed E-state index contributed by atoms with van der Waals surface area (Å²) in [5.41, 5.74) is 2.65. The molecule has 1 unspecified atom stereocenters. The van der Waals surface area contributed by atoms with Gasteiger partial charge in [0.2, 0.25) is 11.6 Å². The molecule has 2 fully saturated rings. The number of nitrogens with zero attached hydrogens (tertiary/aromatic N) is 5. The van der Waals surface area contributed by atoms with E-state index in [4.69, 9.17) is 4.74 Å². The Morgan fingerprint density at radius 1 is 1.12 bits per heavy atom. The molecule has 0 N–H and O–H groups in total. The Bertz CT molecular complexity index is 1080. The number of ketones is 1. The molecule has 4 heterocycles. The number of piperazine rings is 1. The third-order valence-corrected chi connectivity index (χ3v) is 6.57. The van der Waals surface area contributed by atoms with E-state index >= 15 is 0 Å². The summed E-state index contributed by atoms with van der Waals surface area (Å²) in [7, 11) is 0. The van der Waals surface area contributed by atoms with Crippen LogP contribution in [0, 0.1) is 0 Å². The van der Waals surface area contributed by atoms with Gasteiger partial charge in [-0.25, -0.2) is 14.8 Å². The number of rotatable bonds is 3. The number of anilines is 1. The summed E-state index contributed by atoms with van der Waals surface area (Å²) in [6, 6.07) is 8.40. The van der Waals surface area contributed by atoms with E-state index in [0.29, 0.717) is 30.4 Å². The average Bonchev–Trinajstić information content (AvgIpc) is 3.43. The minimum absolute atomic E-state index is 0.164. The first-order valence-electron chi connectivity index (χ1n) is 11.7. The topological polar surface area (TPSA) is 78.9 Å². The van der Waals surface area contributed by atoms with E-state index in [1.54, 1.807) is 11.1 Å². The van der Waals surface area contributed by atoms with Crippen LogP contribution in [0.3, 0.4) is 0 Å². The quantitative estimate of drug-likeness (QED) is 0.666. The van der Waals surface area contributed by atoms with Gasteiger partial charge in [-0.2, -0.15) is 0 Å². The van der Waals surface area contributed by atoms with Crippen LogP contribution < -0.4 is 4.90 Å². The normalized spacial score (nSPS) is 20.5. The first kappa shape index (κ1) is 21.8. The van der Waals surface area contributed by atoms with E-state index in [-0.39, 0.29) is 17.7 Å². The highest BCUT2D eigenvalue weighted by atomic mass is 16.6. The van der Waals surface area contributed by atoms with Crippen molar-refractivity contribution in [3.63, 3.8) is 0 Å². The molecule has 1 aromatic carbocycles. The summed E-state index contributed by atoms with van der Waals surface area (Å²) in [6.07, 6.45) is 3.79. The zero-order valence-electron chi connectivity index (χ0n) is 19.6. The molecule has 1 atom stereocenters. The molecule has 1 aromatic heterocycles. The highest BCUT2D eigenvalue weighted by molar-refractivity contribution is 6.07. The lowest BCUT2D eigenvalue weighted by Crippen LogP contribution is -2.50. The molecule has 8 heteroatoms. The monoisotopic (exact) mass is 449 g/mol. The number of amides is 1. The first-order valence-corrected chi connectivity index (χ1v) is 11.7. The van der Waals surface area contributed by atoms with Crippen molar-refractivity contribution < 1.29 is 14.3 Å². The number of carbonyl (C=O) groups is 2. The van der Waals surface area contributed by atoms with Crippen LogP contribution in [-0.2, 0) is 17.8 Å². The zero-order chi connectivity index (χ0) is 23.2. The van der Waals surface area contributed by atoms with Crippen LogP contribution in [-0.4, -0.2) is 69.5 Å². The molecule has 33 heavy (non-hydrogen) atoms. The van der Waals surface area contributed by atoms with E-state index in [2.05, 4.69) is 25.8 Å². The highest BCUT2D eigenvalue weighted by Gasteiger charge is 2.32. The van der Waals surface area contributed by atoms with Gasteiger partial charge in [0.15, 0.2) is 0 Å². The maximum Gasteiger partial charge on any atom is 0.410 e. The lowest BCUT2D eigenvalue weighted by atomic mass is 10.1. The third kappa shape index (κ3) is 4.57. The van der Waals surface area contributed by atoms with Crippen molar-refractivity contribution in [2.24, 2.45) is 0 Å². The molecule has 0 spiro atoms. The van der Waals surface area contributed by atoms with Gasteiger partial charge in [-0.1, -0.05) is 12.1 Å². The summed E-state index contributed by atoms with van der Waals surface area (Å²) in [5, 5.41) is 0. The number of carbonyl (C=O) groups excluding carboxylic acids is 2. The molecule has 3 aliphatic rings. The molecule has 8 nitrogen and oxygen atoms in total. The van der Waals surface area contributed by atoms with Crippen LogP contribution in [0.4, 0.5) is 10.5 Å². The maximum absolute atomic E-state index is 13.2. The Balaban J connectivity index is 1.30. The van der Waals surface area contributed by atoms with Gasteiger partial charge in [-0.3, -0.25) is 14.6 Å². The Morgan fingerprint density at radius 2 is 1.97 bits per heavy atom. The van der Waals surface area contributed by atoms with E-state index in [1.807, 2.05) is 39.0 Å². The van der Waals surface area contributed by atoms with Crippen LogP contribution in [0.25, 0.3) is 0 Å². The van der Waals surface area contributed by atoms with Crippen molar-refractivity contribution in [2.45, 2.75) is 58.3 Å². The molecule has 0 bridgehead atoms. The van der Waals surface area contributed by atoms with Crippen LogP contribution in [0.1, 0.15) is 61.1 Å². The number of benzene rings is 1. The molecule has 174 valence electrons. The van der Waals surface area contributed by atoms with Gasteiger partial charge in [0, 0.05) is 48.7 Å². The Hall–Kier alpha value is -3.00. The fraction of sp³-hybridized carbons (Fsp3) is 0.520. The minimum atomic E-state index is -0.561. The first-order chi connectivity index (χ1) is 15.8. The van der Waals surface area contributed by atoms with E-state index in [1.165, 1.54) is 19.4 Å². The molecule has 1 amide bonds. The van der Waals surface area contributed by atoms with Crippen molar-refractivity contribution in [3.05, 3.63) is 53.1 Å². The molecule has 2 saturated heterocycles. The van der Waals surface area contributed by atoms with Crippen LogP contribution in [0.2, 0.25) is 0 Å². The van der Waals surface area contributed by atoms with Gasteiger partial charge >= 0.3 is 6.09 Å². The molecule has 0 aliphatic carbocycles. The molecule has 5 rings (SSSR count). The Kier molecular flexibility index (Phi) is 5.56. The second-order valence-corrected chi connectivity index (χ2v) is 10.2. The molecule has 0 radical (unpaired) electrons. The highest BCUT2D eigenvalue weighted by Crippen LogP contribution is 2.27. The molecule has 3 aliphatic heterocycles. The lowest BCUT2D eigenvalue weighted by Gasteiger charge is -2.38. The van der Waals surface area contributed by atoms with Gasteiger partial charge in [-0.05, 0) is 52.3 Å². The number of hydrogen-bond donors (Lipinski definition) is 0. The van der Waals surface area contributed by atoms with Crippen molar-refractivity contribution in [1.82, 2.24) is 19.8 Å². The number of hydrogen-bond acceptors (Lipinski definition) is 7. The smallest absolute Gasteiger partial charge is 0.410 e. The van der Waals surface area contributed by atoms with Crippen molar-refractivity contribution in [1.29, 1.82) is 0 Å². The predicted molar refractivity (Wildman–Crippen MR) is 124 cm³/mol. The zero-order valence-corrected chi connectivity index (χ0v) is 19.6. The SMILES string of the molecule is CC(C)(C)OC(=O)N1Cc2cnc(C(=O)c3cccc(N4CCN5CCCC5C4)c3)nc2C1. The summed E-state index contributed by atoms with van der Waals surface area (Å²) < 4.78 is 5.46. The fourth-order valence-electron chi connectivity index (χ4n) is 4.92. The van der Waals surface area contributed by atoms with Crippen molar-refractivity contribution >= 4 is 17.6 Å². The standard InChI is InChI=1S/C25H31N5O3/c1-25(2,3)33-24(32)30-14-18-13-26-23(27-21(18)16-30)22(31)17-6-4-7-19(12-17)29-11-10-28-9-5-8-20(28)15-29/h4,6-7,12-13,20H,5,8-11,14-16H2,1-3H3. The third-order valence-electron chi connectivity index (χ3n) is 6.57. The number of fused-ring (bicyclic) bond motifs is 2. The Labute approximate surface area is 194 Å². The van der Waals surface area contributed by atoms with Gasteiger partial charge < -0.3 is 9.64 Å². The number of aromatic nitrogens is 2. The largest absolute Gasteiger partial charge is 0.444 e. The molecule has 2 aromatic rings. The van der Waals surface area contributed by atoms with Crippen LogP contribution >= 0.6 is 0 Å². The van der Waals surface area contributed by atoms with E-state index < -0.39 is 5.60 Å². The summed E-state index contributed by atoms with van der Waals surface area (Å²) in [4.78, 5) is 41.0. The van der Waals surface area contributed by atoms with Gasteiger partial charge in [-0.15, -0.1) is 0 Å². The minimum Gasteiger partial charge on any atom is -0.444 e. The predicted octanol–water partition coefficient (Wildman–Crippen LogP) is 3.24. The van der Waals surface area contributed by atoms with Gasteiger partial charge in [0.25, 0.3) is 0 Å². The second-order valence-electron chi connectivity index (χ2n) is 10.2. The van der Waals surface area contributed by atoms with E-state index in [0.717, 1.165) is 30.9 Å². The molecular weight excluding hydrogens is 418 g/mol. The summed E-state index contributed by atoms with van der Waals surface area (Å²) >= 11 is 0. The van der Waals surface area contributed by atoms with Crippen LogP contribution in [0.15, 0.2) is 30.5 Å². The Morgan fingerprint density at radius 3 is 2.79 bits per heavy atom. The lowest BCUT2D eigenvalue weighted by molar-refractivity contribution is 0.0240. The second kappa shape index (κ2) is 8.41. The summed E-state index contributed by atoms with van der Waals surface area (Å²) in [6.45, 7) is 10.5. The van der Waals surface area contributed by atoms with Crippen molar-refractivity contribution in [2.75, 3.05) is 31.1 Å². The number of ether oxygens (including phenoxy) is 1. The fourth-order valence-corrected chi connectivity index (χ4v) is 4.92. The molecular formula is C25H31N5O3. The van der Waals surface area contributed by atoms with E-state index in [9.17, 15) is 9.59 Å². The van der Waals surface area contributed by atoms with Gasteiger partial charge in [0.05, 0.1) is 18.8 Å². The summed E-state index contributed by atoms with van der Waals surface area (Å²) in [5.74, 6) is -0.0348. The van der Waals surface area contributed by atoms with Gasteiger partial charge in [0.1, 0.15) is 5.60 Å². The maximum atomic E-state index is 13.2. The average molecular weight is 450 g/mol. The molecule has 0 saturated carbocycles. The van der Waals surface area contributed by atoms with Crippen LogP contribution in [0.5, 0.6) is 0 Å².